The van der Waals surface area contributed by atoms with E-state index in [1.165, 1.54) is 0 Å². The van der Waals surface area contributed by atoms with Gasteiger partial charge in [-0.2, -0.15) is 0 Å². The van der Waals surface area contributed by atoms with E-state index in [0.717, 1.165) is 12.8 Å². The third-order valence-corrected chi connectivity index (χ3v) is 3.96. The topological polar surface area (TPSA) is 77.4 Å². The van der Waals surface area contributed by atoms with Gasteiger partial charge in [0, 0.05) is 0 Å². The zero-order valence-electron chi connectivity index (χ0n) is 10.3. The Morgan fingerprint density at radius 2 is 1.06 bits per heavy atom. The predicted octanol–water partition coefficient (Wildman–Crippen LogP) is -0.232. The molecule has 3 aliphatic heterocycles. The van der Waals surface area contributed by atoms with Gasteiger partial charge in [-0.25, -0.2) is 0 Å². The van der Waals surface area contributed by atoms with Gasteiger partial charge in [-0.05, 0) is 25.7 Å². The number of aliphatic hydroxyl groups is 2. The molecule has 0 unspecified atom stereocenters. The summed E-state index contributed by atoms with van der Waals surface area (Å²) in [6.07, 6.45) is 0.942. The number of hydrogen-bond acceptors (Lipinski definition) is 6. The van der Waals surface area contributed by atoms with Crippen LogP contribution < -0.4 is 0 Å². The fourth-order valence-electron chi connectivity index (χ4n) is 3.10. The molecule has 4 atom stereocenters. The summed E-state index contributed by atoms with van der Waals surface area (Å²) in [6, 6.07) is 0. The van der Waals surface area contributed by atoms with E-state index < -0.39 is 23.8 Å². The monoisotopic (exact) mass is 260 g/mol. The van der Waals surface area contributed by atoms with Crippen LogP contribution in [0.2, 0.25) is 0 Å². The summed E-state index contributed by atoms with van der Waals surface area (Å²) >= 11 is 0. The van der Waals surface area contributed by atoms with Crippen LogP contribution in [-0.2, 0) is 18.9 Å². The Labute approximate surface area is 106 Å². The van der Waals surface area contributed by atoms with E-state index in [0.29, 0.717) is 39.3 Å². The molecule has 3 heterocycles. The molecule has 0 amide bonds. The molecule has 0 saturated carbocycles. The minimum Gasteiger partial charge on any atom is -0.387 e. The highest BCUT2D eigenvalue weighted by Gasteiger charge is 2.67. The summed E-state index contributed by atoms with van der Waals surface area (Å²) in [5.74, 6) is -2.77. The van der Waals surface area contributed by atoms with E-state index >= 15 is 0 Å². The van der Waals surface area contributed by atoms with Crippen molar-refractivity contribution >= 4 is 0 Å². The van der Waals surface area contributed by atoms with Crippen molar-refractivity contribution in [1.82, 2.24) is 0 Å². The van der Waals surface area contributed by atoms with Gasteiger partial charge in [0.05, 0.1) is 26.4 Å². The molecule has 3 fully saturated rings. The lowest BCUT2D eigenvalue weighted by Crippen LogP contribution is -2.75. The lowest BCUT2D eigenvalue weighted by Gasteiger charge is -2.57. The molecular weight excluding hydrogens is 240 g/mol. The summed E-state index contributed by atoms with van der Waals surface area (Å²) in [6.45, 7) is 1.60. The maximum absolute atomic E-state index is 10.3. The lowest BCUT2D eigenvalue weighted by molar-refractivity contribution is -0.488. The van der Waals surface area contributed by atoms with Crippen LogP contribution in [0.3, 0.4) is 0 Å². The molecular formula is C12H20O6. The quantitative estimate of drug-likeness (QED) is 0.626. The third kappa shape index (κ3) is 1.64. The molecule has 3 rings (SSSR count). The van der Waals surface area contributed by atoms with Crippen LogP contribution in [0, 0.1) is 0 Å². The summed E-state index contributed by atoms with van der Waals surface area (Å²) < 4.78 is 22.8. The van der Waals surface area contributed by atoms with Crippen LogP contribution in [0.5, 0.6) is 0 Å². The molecule has 0 aromatic heterocycles. The van der Waals surface area contributed by atoms with Crippen LogP contribution in [0.1, 0.15) is 25.7 Å². The Kier molecular flexibility index (Phi) is 3.34. The second-order valence-electron chi connectivity index (χ2n) is 5.04. The van der Waals surface area contributed by atoms with E-state index in [4.69, 9.17) is 18.9 Å². The fraction of sp³-hybridized carbons (Fsp3) is 1.00. The van der Waals surface area contributed by atoms with Gasteiger partial charge in [-0.15, -0.1) is 0 Å². The van der Waals surface area contributed by atoms with E-state index in [1.807, 2.05) is 0 Å². The Bertz CT molecular complexity index is 269. The first-order chi connectivity index (χ1) is 8.71. The third-order valence-electron chi connectivity index (χ3n) is 3.96. The average molecular weight is 260 g/mol. The van der Waals surface area contributed by atoms with Gasteiger partial charge < -0.3 is 29.2 Å². The maximum Gasteiger partial charge on any atom is 0.253 e. The maximum atomic E-state index is 10.3. The molecule has 6 heteroatoms. The molecule has 0 bridgehead atoms. The SMILES string of the molecule is O[C@@H]1CCCO[C@@]12OCCO[C@@]21OCCC[C@H]1O. The molecule has 3 aliphatic rings. The Morgan fingerprint density at radius 1 is 0.667 bits per heavy atom. The largest absolute Gasteiger partial charge is 0.387 e. The standard InChI is InChI=1S/C12H20O6/c13-9-3-1-5-15-11(9)12(18-8-7-17-11)10(14)4-2-6-16-12/h9-10,13-14H,1-8H2/t9-,10-,11-,12-/m1/s1. The van der Waals surface area contributed by atoms with Gasteiger partial charge >= 0.3 is 0 Å². The summed E-state index contributed by atoms with van der Waals surface area (Å²) in [7, 11) is 0. The number of rotatable bonds is 0. The summed E-state index contributed by atoms with van der Waals surface area (Å²) in [4.78, 5) is 0. The van der Waals surface area contributed by atoms with Crippen molar-refractivity contribution < 1.29 is 29.2 Å². The van der Waals surface area contributed by atoms with Crippen molar-refractivity contribution in [2.24, 2.45) is 0 Å². The zero-order chi connectivity index (χ0) is 12.6. The van der Waals surface area contributed by atoms with E-state index in [1.54, 1.807) is 0 Å². The molecule has 2 spiro atoms. The van der Waals surface area contributed by atoms with Gasteiger partial charge in [0.2, 0.25) is 0 Å². The average Bonchev–Trinajstić information content (AvgIpc) is 2.39. The van der Waals surface area contributed by atoms with Crippen LogP contribution in [0.25, 0.3) is 0 Å². The van der Waals surface area contributed by atoms with Crippen LogP contribution in [0.15, 0.2) is 0 Å². The molecule has 2 N–H and O–H groups in total. The zero-order valence-corrected chi connectivity index (χ0v) is 10.3. The van der Waals surface area contributed by atoms with Crippen molar-refractivity contribution in [3.8, 4) is 0 Å². The Balaban J connectivity index is 1.97. The van der Waals surface area contributed by atoms with Crippen molar-refractivity contribution in [2.45, 2.75) is 49.5 Å². The van der Waals surface area contributed by atoms with Crippen molar-refractivity contribution in [2.75, 3.05) is 26.4 Å². The van der Waals surface area contributed by atoms with Crippen molar-refractivity contribution in [1.29, 1.82) is 0 Å². The molecule has 0 aromatic rings. The first-order valence-corrected chi connectivity index (χ1v) is 6.63. The van der Waals surface area contributed by atoms with Crippen LogP contribution in [0.4, 0.5) is 0 Å². The van der Waals surface area contributed by atoms with Crippen LogP contribution in [-0.4, -0.2) is 60.4 Å². The van der Waals surface area contributed by atoms with Gasteiger partial charge in [0.1, 0.15) is 12.2 Å². The second-order valence-corrected chi connectivity index (χ2v) is 5.04. The molecule has 104 valence electrons. The number of fused-ring (bicyclic) bond motifs is 1. The highest BCUT2D eigenvalue weighted by atomic mass is 16.8. The second kappa shape index (κ2) is 4.70. The molecule has 3 saturated heterocycles. The highest BCUT2D eigenvalue weighted by Crippen LogP contribution is 2.46. The molecule has 6 nitrogen and oxygen atoms in total. The van der Waals surface area contributed by atoms with E-state index in [2.05, 4.69) is 0 Å². The van der Waals surface area contributed by atoms with E-state index in [-0.39, 0.29) is 0 Å². The first-order valence-electron chi connectivity index (χ1n) is 6.63. The van der Waals surface area contributed by atoms with Gasteiger partial charge in [0.15, 0.2) is 0 Å². The molecule has 0 aliphatic carbocycles. The normalized spacial score (nSPS) is 49.7. The number of aliphatic hydroxyl groups excluding tert-OH is 2. The first kappa shape index (κ1) is 12.8. The fourth-order valence-corrected chi connectivity index (χ4v) is 3.10. The molecule has 0 radical (unpaired) electrons. The summed E-state index contributed by atoms with van der Waals surface area (Å²) in [5.41, 5.74) is 0. The number of hydrogen-bond donors (Lipinski definition) is 2. The smallest absolute Gasteiger partial charge is 0.253 e. The number of ether oxygens (including phenoxy) is 4. The molecule has 0 aromatic carbocycles. The Hall–Kier alpha value is -0.240. The van der Waals surface area contributed by atoms with Gasteiger partial charge in [0.25, 0.3) is 11.6 Å². The van der Waals surface area contributed by atoms with Gasteiger partial charge in [-0.3, -0.25) is 0 Å². The minimum atomic E-state index is -1.39. The Morgan fingerprint density at radius 3 is 1.44 bits per heavy atom. The van der Waals surface area contributed by atoms with Crippen molar-refractivity contribution in [3.63, 3.8) is 0 Å². The lowest BCUT2D eigenvalue weighted by atomic mass is 9.85. The minimum absolute atomic E-state index is 0.328. The molecule has 18 heavy (non-hydrogen) atoms. The van der Waals surface area contributed by atoms with Crippen molar-refractivity contribution in [3.05, 3.63) is 0 Å². The van der Waals surface area contributed by atoms with Gasteiger partial charge in [-0.1, -0.05) is 0 Å². The van der Waals surface area contributed by atoms with E-state index in [9.17, 15) is 10.2 Å². The highest BCUT2D eigenvalue weighted by molar-refractivity contribution is 5.03. The predicted molar refractivity (Wildman–Crippen MR) is 59.8 cm³/mol. The van der Waals surface area contributed by atoms with Crippen LogP contribution >= 0.6 is 0 Å². The summed E-state index contributed by atoms with van der Waals surface area (Å²) in [5, 5.41) is 20.6.